The van der Waals surface area contributed by atoms with Crippen LogP contribution < -0.4 is 16.4 Å². The SMILES string of the molecule is CC(=O)NCC1(C)CC(NC(N)O)CC(C)(C)C1. The van der Waals surface area contributed by atoms with Gasteiger partial charge in [-0.15, -0.1) is 0 Å². The van der Waals surface area contributed by atoms with E-state index in [0.29, 0.717) is 6.54 Å². The van der Waals surface area contributed by atoms with Crippen molar-refractivity contribution >= 4 is 5.91 Å². The van der Waals surface area contributed by atoms with Gasteiger partial charge < -0.3 is 10.4 Å². The summed E-state index contributed by atoms with van der Waals surface area (Å²) >= 11 is 0. The maximum atomic E-state index is 11.1. The summed E-state index contributed by atoms with van der Waals surface area (Å²) in [5.74, 6) is 0.00275. The first-order valence-corrected chi connectivity index (χ1v) is 6.56. The molecule has 106 valence electrons. The Bertz CT molecular complexity index is 305. The van der Waals surface area contributed by atoms with Gasteiger partial charge in [0.25, 0.3) is 0 Å². The summed E-state index contributed by atoms with van der Waals surface area (Å²) in [5.41, 5.74) is 5.62. The van der Waals surface area contributed by atoms with Gasteiger partial charge in [0, 0.05) is 19.5 Å². The maximum Gasteiger partial charge on any atom is 0.216 e. The number of carbonyl (C=O) groups excluding carboxylic acids is 1. The standard InChI is InChI=1S/C13H27N3O2/c1-9(17)15-8-13(4)6-10(16-11(14)18)5-12(2,3)7-13/h10-11,16,18H,5-8,14H2,1-4H3,(H,15,17). The van der Waals surface area contributed by atoms with Crippen molar-refractivity contribution in [2.45, 2.75) is 59.4 Å². The lowest BCUT2D eigenvalue weighted by Crippen LogP contribution is -2.53. The van der Waals surface area contributed by atoms with Crippen LogP contribution in [0.3, 0.4) is 0 Å². The van der Waals surface area contributed by atoms with Crippen LogP contribution >= 0.6 is 0 Å². The van der Waals surface area contributed by atoms with Crippen molar-refractivity contribution in [3.63, 3.8) is 0 Å². The Morgan fingerprint density at radius 2 is 2.06 bits per heavy atom. The molecule has 0 spiro atoms. The fraction of sp³-hybridized carbons (Fsp3) is 0.923. The molecule has 0 radical (unpaired) electrons. The van der Waals surface area contributed by atoms with Gasteiger partial charge in [0.2, 0.25) is 5.91 Å². The Kier molecular flexibility index (Phi) is 4.75. The van der Waals surface area contributed by atoms with Crippen LogP contribution in [0.25, 0.3) is 0 Å². The van der Waals surface area contributed by atoms with Crippen molar-refractivity contribution in [1.82, 2.24) is 10.6 Å². The second-order valence-electron chi connectivity index (χ2n) is 6.78. The molecule has 3 atom stereocenters. The zero-order valence-electron chi connectivity index (χ0n) is 11.9. The lowest BCUT2D eigenvalue weighted by atomic mass is 9.62. The largest absolute Gasteiger partial charge is 0.366 e. The Hall–Kier alpha value is -0.650. The highest BCUT2D eigenvalue weighted by Crippen LogP contribution is 2.45. The van der Waals surface area contributed by atoms with E-state index in [4.69, 9.17) is 5.73 Å². The molecule has 0 aromatic carbocycles. The summed E-state index contributed by atoms with van der Waals surface area (Å²) in [4.78, 5) is 11.1. The Morgan fingerprint density at radius 1 is 1.44 bits per heavy atom. The molecule has 0 aromatic heterocycles. The molecule has 1 amide bonds. The number of rotatable bonds is 4. The van der Waals surface area contributed by atoms with Crippen LogP contribution in [0.15, 0.2) is 0 Å². The van der Waals surface area contributed by atoms with Gasteiger partial charge in [0.15, 0.2) is 6.35 Å². The van der Waals surface area contributed by atoms with Crippen molar-refractivity contribution in [1.29, 1.82) is 0 Å². The molecule has 0 aromatic rings. The molecule has 18 heavy (non-hydrogen) atoms. The van der Waals surface area contributed by atoms with E-state index in [2.05, 4.69) is 31.4 Å². The van der Waals surface area contributed by atoms with Gasteiger partial charge in [0.1, 0.15) is 0 Å². The minimum atomic E-state index is -0.978. The van der Waals surface area contributed by atoms with E-state index >= 15 is 0 Å². The molecule has 3 unspecified atom stereocenters. The summed E-state index contributed by atoms with van der Waals surface area (Å²) in [7, 11) is 0. The van der Waals surface area contributed by atoms with E-state index in [9.17, 15) is 9.90 Å². The summed E-state index contributed by atoms with van der Waals surface area (Å²) < 4.78 is 0. The smallest absolute Gasteiger partial charge is 0.216 e. The van der Waals surface area contributed by atoms with E-state index in [0.717, 1.165) is 19.3 Å². The number of carbonyl (C=O) groups is 1. The van der Waals surface area contributed by atoms with Gasteiger partial charge in [-0.2, -0.15) is 0 Å². The average Bonchev–Trinajstić information content (AvgIpc) is 2.10. The third kappa shape index (κ3) is 4.92. The van der Waals surface area contributed by atoms with Crippen LogP contribution in [0.1, 0.15) is 47.0 Å². The topological polar surface area (TPSA) is 87.4 Å². The Balaban J connectivity index is 2.69. The second-order valence-corrected chi connectivity index (χ2v) is 6.78. The van der Waals surface area contributed by atoms with Gasteiger partial charge in [0.05, 0.1) is 0 Å². The van der Waals surface area contributed by atoms with Crippen LogP contribution in [0.4, 0.5) is 0 Å². The predicted octanol–water partition coefficient (Wildman–Crippen LogP) is 0.532. The molecule has 1 saturated carbocycles. The van der Waals surface area contributed by atoms with Gasteiger partial charge >= 0.3 is 0 Å². The van der Waals surface area contributed by atoms with Crippen LogP contribution in [0.5, 0.6) is 0 Å². The van der Waals surface area contributed by atoms with Crippen LogP contribution in [-0.2, 0) is 4.79 Å². The Morgan fingerprint density at radius 3 is 2.56 bits per heavy atom. The third-order valence-corrected chi connectivity index (χ3v) is 3.61. The number of nitrogens with two attached hydrogens (primary N) is 1. The fourth-order valence-corrected chi connectivity index (χ4v) is 3.47. The minimum Gasteiger partial charge on any atom is -0.366 e. The van der Waals surface area contributed by atoms with Crippen LogP contribution in [0.2, 0.25) is 0 Å². The lowest BCUT2D eigenvalue weighted by molar-refractivity contribution is -0.119. The van der Waals surface area contributed by atoms with Crippen molar-refractivity contribution in [3.8, 4) is 0 Å². The number of amides is 1. The van der Waals surface area contributed by atoms with Crippen LogP contribution in [-0.4, -0.2) is 30.0 Å². The molecule has 5 nitrogen and oxygen atoms in total. The zero-order chi connectivity index (χ0) is 14.0. The first kappa shape index (κ1) is 15.4. The van der Waals surface area contributed by atoms with Gasteiger partial charge in [-0.3, -0.25) is 15.8 Å². The molecule has 0 saturated heterocycles. The van der Waals surface area contributed by atoms with E-state index in [-0.39, 0.29) is 22.8 Å². The molecule has 0 aliphatic heterocycles. The maximum absolute atomic E-state index is 11.1. The second kappa shape index (κ2) is 5.55. The Labute approximate surface area is 110 Å². The first-order chi connectivity index (χ1) is 8.12. The van der Waals surface area contributed by atoms with Gasteiger partial charge in [-0.05, 0) is 30.1 Å². The minimum absolute atomic E-state index is 0.00275. The van der Waals surface area contributed by atoms with Crippen molar-refractivity contribution in [2.24, 2.45) is 16.6 Å². The first-order valence-electron chi connectivity index (χ1n) is 6.56. The molecule has 5 N–H and O–H groups in total. The average molecular weight is 257 g/mol. The summed E-state index contributed by atoms with van der Waals surface area (Å²) in [6.45, 7) is 8.83. The summed E-state index contributed by atoms with van der Waals surface area (Å²) in [6.07, 6.45) is 1.97. The number of hydrogen-bond donors (Lipinski definition) is 4. The van der Waals surface area contributed by atoms with Gasteiger partial charge in [-0.25, -0.2) is 0 Å². The molecule has 1 rings (SSSR count). The molecule has 0 heterocycles. The zero-order valence-corrected chi connectivity index (χ0v) is 11.9. The molecule has 1 aliphatic carbocycles. The third-order valence-electron chi connectivity index (χ3n) is 3.61. The molecular weight excluding hydrogens is 230 g/mol. The molecule has 1 fully saturated rings. The highest BCUT2D eigenvalue weighted by molar-refractivity contribution is 5.72. The number of aliphatic hydroxyl groups excluding tert-OH is 1. The number of nitrogens with one attached hydrogen (secondary N) is 2. The van der Waals surface area contributed by atoms with E-state index < -0.39 is 6.35 Å². The van der Waals surface area contributed by atoms with Crippen molar-refractivity contribution < 1.29 is 9.90 Å². The van der Waals surface area contributed by atoms with Crippen molar-refractivity contribution in [3.05, 3.63) is 0 Å². The normalized spacial score (nSPS) is 32.9. The molecule has 5 heteroatoms. The summed E-state index contributed by atoms with van der Waals surface area (Å²) in [5, 5.41) is 15.2. The lowest BCUT2D eigenvalue weighted by Gasteiger charge is -2.47. The fourth-order valence-electron chi connectivity index (χ4n) is 3.47. The van der Waals surface area contributed by atoms with Crippen molar-refractivity contribution in [2.75, 3.05) is 6.54 Å². The highest BCUT2D eigenvalue weighted by atomic mass is 16.3. The molecule has 0 bridgehead atoms. The van der Waals surface area contributed by atoms with Gasteiger partial charge in [-0.1, -0.05) is 20.8 Å². The van der Waals surface area contributed by atoms with E-state index in [1.165, 1.54) is 6.92 Å². The number of hydrogen-bond acceptors (Lipinski definition) is 4. The predicted molar refractivity (Wildman–Crippen MR) is 71.5 cm³/mol. The summed E-state index contributed by atoms with van der Waals surface area (Å²) in [6, 6.07) is 0.188. The van der Waals surface area contributed by atoms with E-state index in [1.54, 1.807) is 0 Å². The quantitative estimate of drug-likeness (QED) is 0.553. The van der Waals surface area contributed by atoms with Crippen LogP contribution in [0, 0.1) is 10.8 Å². The molecule has 1 aliphatic rings. The monoisotopic (exact) mass is 257 g/mol. The molecular formula is C13H27N3O2. The van der Waals surface area contributed by atoms with E-state index in [1.807, 2.05) is 0 Å². The number of aliphatic hydroxyl groups is 1. The highest BCUT2D eigenvalue weighted by Gasteiger charge is 2.41.